The van der Waals surface area contributed by atoms with Crippen LogP contribution in [0.5, 0.6) is 0 Å². The van der Waals surface area contributed by atoms with Crippen molar-refractivity contribution < 1.29 is 14.9 Å². The van der Waals surface area contributed by atoms with Crippen LogP contribution in [-0.4, -0.2) is 28.7 Å². The molecular formula is C4H9N3O4. The van der Waals surface area contributed by atoms with Crippen molar-refractivity contribution in [1.29, 1.82) is 0 Å². The minimum absolute atomic E-state index is 0.0380. The first-order valence-electron chi connectivity index (χ1n) is 2.90. The molecule has 11 heavy (non-hydrogen) atoms. The summed E-state index contributed by atoms with van der Waals surface area (Å²) in [5.74, 6) is -1.16. The lowest BCUT2D eigenvalue weighted by atomic mass is 10.2. The summed E-state index contributed by atoms with van der Waals surface area (Å²) in [7, 11) is 0. The Morgan fingerprint density at radius 2 is 2.36 bits per heavy atom. The van der Waals surface area contributed by atoms with Crippen molar-refractivity contribution >= 4 is 5.97 Å². The third-order valence-electron chi connectivity index (χ3n) is 1.01. The summed E-state index contributed by atoms with van der Waals surface area (Å²) in [4.78, 5) is 19.7. The number of carboxylic acid groups (broad SMARTS) is 1. The molecule has 0 heterocycles. The summed E-state index contributed by atoms with van der Waals surface area (Å²) in [6.45, 7) is -0.0412. The topological polar surface area (TPSA) is 118 Å². The first-order chi connectivity index (χ1) is 5.04. The normalized spacial score (nSPS) is 12.1. The highest BCUT2D eigenvalue weighted by Crippen LogP contribution is 1.84. The zero-order valence-corrected chi connectivity index (χ0v) is 5.69. The van der Waals surface area contributed by atoms with E-state index in [1.165, 1.54) is 0 Å². The minimum atomic E-state index is -1.16. The first kappa shape index (κ1) is 9.63. The number of carbonyl (C=O) groups is 1. The van der Waals surface area contributed by atoms with Gasteiger partial charge in [0, 0.05) is 0 Å². The second-order valence-corrected chi connectivity index (χ2v) is 1.90. The SMILES string of the molecule is NC(CCN[N+](=O)[O-])C(=O)O. The first-order valence-corrected chi connectivity index (χ1v) is 2.90. The third kappa shape index (κ3) is 5.09. The Balaban J connectivity index is 3.39. The molecule has 0 aromatic heterocycles. The number of hydrogen-bond donors (Lipinski definition) is 3. The smallest absolute Gasteiger partial charge is 0.320 e. The van der Waals surface area contributed by atoms with Crippen LogP contribution in [-0.2, 0) is 4.79 Å². The molecule has 0 radical (unpaired) electrons. The number of hydrazine groups is 1. The fourth-order valence-electron chi connectivity index (χ4n) is 0.435. The van der Waals surface area contributed by atoms with Crippen LogP contribution in [0.25, 0.3) is 0 Å². The van der Waals surface area contributed by atoms with E-state index >= 15 is 0 Å². The lowest BCUT2D eigenvalue weighted by Crippen LogP contribution is -2.35. The van der Waals surface area contributed by atoms with Crippen molar-refractivity contribution in [3.05, 3.63) is 10.1 Å². The lowest BCUT2D eigenvalue weighted by Gasteiger charge is -2.02. The van der Waals surface area contributed by atoms with Gasteiger partial charge in [0.25, 0.3) is 0 Å². The van der Waals surface area contributed by atoms with Crippen LogP contribution in [0.1, 0.15) is 6.42 Å². The van der Waals surface area contributed by atoms with Gasteiger partial charge in [-0.2, -0.15) is 0 Å². The molecule has 0 spiro atoms. The van der Waals surface area contributed by atoms with E-state index in [9.17, 15) is 14.9 Å². The Kier molecular flexibility index (Phi) is 3.89. The predicted octanol–water partition coefficient (Wildman–Crippen LogP) is -1.43. The molecule has 0 saturated carbocycles. The van der Waals surface area contributed by atoms with Crippen LogP contribution < -0.4 is 11.2 Å². The number of carboxylic acids is 1. The minimum Gasteiger partial charge on any atom is -0.480 e. The van der Waals surface area contributed by atoms with Crippen molar-refractivity contribution in [2.45, 2.75) is 12.5 Å². The van der Waals surface area contributed by atoms with Gasteiger partial charge >= 0.3 is 5.97 Å². The number of rotatable bonds is 5. The molecule has 0 saturated heterocycles. The van der Waals surface area contributed by atoms with Gasteiger partial charge in [-0.15, -0.1) is 5.43 Å². The third-order valence-corrected chi connectivity index (χ3v) is 1.01. The van der Waals surface area contributed by atoms with E-state index in [1.54, 1.807) is 0 Å². The molecule has 0 aromatic carbocycles. The molecule has 0 bridgehead atoms. The quantitative estimate of drug-likeness (QED) is 0.337. The van der Waals surface area contributed by atoms with Crippen LogP contribution in [0.2, 0.25) is 0 Å². The summed E-state index contributed by atoms with van der Waals surface area (Å²) in [5, 5.41) is 17.1. The second-order valence-electron chi connectivity index (χ2n) is 1.90. The maximum Gasteiger partial charge on any atom is 0.320 e. The molecular weight excluding hydrogens is 154 g/mol. The molecule has 64 valence electrons. The molecule has 0 aliphatic carbocycles. The number of nitro groups is 1. The Morgan fingerprint density at radius 1 is 1.82 bits per heavy atom. The van der Waals surface area contributed by atoms with Crippen LogP contribution in [0.15, 0.2) is 0 Å². The Labute approximate surface area is 62.3 Å². The van der Waals surface area contributed by atoms with Gasteiger partial charge in [-0.3, -0.25) is 4.79 Å². The second kappa shape index (κ2) is 4.45. The van der Waals surface area contributed by atoms with E-state index in [2.05, 4.69) is 0 Å². The Hall–Kier alpha value is -1.37. The molecule has 7 heteroatoms. The lowest BCUT2D eigenvalue weighted by molar-refractivity contribution is -0.544. The zero-order valence-electron chi connectivity index (χ0n) is 5.69. The molecule has 4 N–H and O–H groups in total. The summed E-state index contributed by atoms with van der Waals surface area (Å²) < 4.78 is 0. The number of hydrogen-bond acceptors (Lipinski definition) is 4. The van der Waals surface area contributed by atoms with Gasteiger partial charge in [-0.25, -0.2) is 10.1 Å². The van der Waals surface area contributed by atoms with Gasteiger partial charge < -0.3 is 10.8 Å². The van der Waals surface area contributed by atoms with Crippen LogP contribution in [0, 0.1) is 10.1 Å². The molecule has 7 nitrogen and oxygen atoms in total. The van der Waals surface area contributed by atoms with Gasteiger partial charge in [0.1, 0.15) is 6.04 Å². The number of nitrogens with zero attached hydrogens (tertiary/aromatic N) is 1. The summed E-state index contributed by atoms with van der Waals surface area (Å²) in [6.07, 6.45) is 0.0380. The van der Waals surface area contributed by atoms with Crippen molar-refractivity contribution in [2.24, 2.45) is 5.73 Å². The van der Waals surface area contributed by atoms with Gasteiger partial charge in [0.05, 0.1) is 6.54 Å². The molecule has 0 fully saturated rings. The maximum atomic E-state index is 10.1. The number of aliphatic carboxylic acids is 1. The van der Waals surface area contributed by atoms with Gasteiger partial charge in [-0.1, -0.05) is 0 Å². The molecule has 0 aliphatic rings. The van der Waals surface area contributed by atoms with E-state index in [4.69, 9.17) is 10.8 Å². The summed E-state index contributed by atoms with van der Waals surface area (Å²) >= 11 is 0. The zero-order chi connectivity index (χ0) is 8.85. The summed E-state index contributed by atoms with van der Waals surface area (Å²) in [6, 6.07) is -1.04. The van der Waals surface area contributed by atoms with E-state index in [-0.39, 0.29) is 13.0 Å². The van der Waals surface area contributed by atoms with Crippen molar-refractivity contribution in [3.63, 3.8) is 0 Å². The van der Waals surface area contributed by atoms with Crippen LogP contribution >= 0.6 is 0 Å². The van der Waals surface area contributed by atoms with E-state index in [1.807, 2.05) is 5.43 Å². The maximum absolute atomic E-state index is 10.1. The molecule has 0 aromatic rings. The fraction of sp³-hybridized carbons (Fsp3) is 0.750. The highest BCUT2D eigenvalue weighted by atomic mass is 16.7. The molecule has 1 atom stereocenters. The average molecular weight is 163 g/mol. The van der Waals surface area contributed by atoms with Crippen molar-refractivity contribution in [3.8, 4) is 0 Å². The molecule has 1 unspecified atom stereocenters. The average Bonchev–Trinajstić information content (AvgIpc) is 1.86. The molecule has 0 rings (SSSR count). The van der Waals surface area contributed by atoms with Crippen molar-refractivity contribution in [1.82, 2.24) is 5.43 Å². The largest absolute Gasteiger partial charge is 0.480 e. The standard InChI is InChI=1S/C4H9N3O4/c5-3(4(8)9)1-2-6-7(10)11/h3,6H,1-2,5H2,(H,8,9). The van der Waals surface area contributed by atoms with Crippen molar-refractivity contribution in [2.75, 3.05) is 6.54 Å². The van der Waals surface area contributed by atoms with E-state index < -0.39 is 17.0 Å². The monoisotopic (exact) mass is 163 g/mol. The van der Waals surface area contributed by atoms with E-state index in [0.717, 1.165) is 0 Å². The van der Waals surface area contributed by atoms with Crippen LogP contribution in [0.4, 0.5) is 0 Å². The fourth-order valence-corrected chi connectivity index (χ4v) is 0.435. The Morgan fingerprint density at radius 3 is 2.73 bits per heavy atom. The predicted molar refractivity (Wildman–Crippen MR) is 35.2 cm³/mol. The van der Waals surface area contributed by atoms with Gasteiger partial charge in [0.15, 0.2) is 5.03 Å². The highest BCUT2D eigenvalue weighted by molar-refractivity contribution is 5.72. The number of nitrogens with two attached hydrogens (primary N) is 1. The molecule has 0 aliphatic heterocycles. The molecule has 0 amide bonds. The van der Waals surface area contributed by atoms with Crippen LogP contribution in [0.3, 0.4) is 0 Å². The Bertz CT molecular complexity index is 159. The van der Waals surface area contributed by atoms with E-state index in [0.29, 0.717) is 0 Å². The number of nitrogens with one attached hydrogen (secondary N) is 1. The summed E-state index contributed by atoms with van der Waals surface area (Å²) in [5.41, 5.74) is 6.85. The highest BCUT2D eigenvalue weighted by Gasteiger charge is 2.11. The van der Waals surface area contributed by atoms with Gasteiger partial charge in [-0.05, 0) is 6.42 Å². The van der Waals surface area contributed by atoms with Gasteiger partial charge in [0.2, 0.25) is 0 Å².